The third-order valence-corrected chi connectivity index (χ3v) is 7.17. The maximum absolute atomic E-state index is 13.1. The molecule has 1 aliphatic rings. The molecule has 0 spiro atoms. The zero-order chi connectivity index (χ0) is 28.5. The number of carbonyl (C=O) groups excluding carboxylic acids is 2. The van der Waals surface area contributed by atoms with Crippen molar-refractivity contribution in [2.45, 2.75) is 12.8 Å². The number of rotatable bonds is 11. The molecule has 0 bridgehead atoms. The lowest BCUT2D eigenvalue weighted by Crippen LogP contribution is -2.34. The van der Waals surface area contributed by atoms with Gasteiger partial charge < -0.3 is 24.3 Å². The summed E-state index contributed by atoms with van der Waals surface area (Å²) in [6, 6.07) is 12.5. The SMILES string of the molecule is C=CCOC(=O)C1C(C)=NC(SCC(=O)Nc2cc(OC)c(Cl)cc2OC)=C(C#N)[C@@H]1c1ccccc1OC. The van der Waals surface area contributed by atoms with Crippen molar-refractivity contribution < 1.29 is 28.5 Å². The van der Waals surface area contributed by atoms with Crippen LogP contribution in [0, 0.1) is 17.2 Å². The number of esters is 1. The van der Waals surface area contributed by atoms with Gasteiger partial charge >= 0.3 is 5.97 Å². The first-order valence-corrected chi connectivity index (χ1v) is 13.1. The fourth-order valence-electron chi connectivity index (χ4n) is 4.13. The van der Waals surface area contributed by atoms with E-state index in [0.29, 0.717) is 44.3 Å². The number of hydrogen-bond acceptors (Lipinski definition) is 9. The molecular formula is C28H28ClN3O6S. The second kappa shape index (κ2) is 13.7. The summed E-state index contributed by atoms with van der Waals surface area (Å²) >= 11 is 7.23. The summed E-state index contributed by atoms with van der Waals surface area (Å²) < 4.78 is 21.4. The van der Waals surface area contributed by atoms with Crippen LogP contribution in [0.4, 0.5) is 5.69 Å². The van der Waals surface area contributed by atoms with Crippen LogP contribution in [0.5, 0.6) is 17.2 Å². The van der Waals surface area contributed by atoms with E-state index in [1.54, 1.807) is 37.3 Å². The number of allylic oxidation sites excluding steroid dienone is 1. The number of para-hydroxylation sites is 1. The normalized spacial score (nSPS) is 16.5. The first kappa shape index (κ1) is 29.6. The van der Waals surface area contributed by atoms with Gasteiger partial charge in [0.05, 0.1) is 49.4 Å². The Labute approximate surface area is 236 Å². The van der Waals surface area contributed by atoms with Gasteiger partial charge in [0.25, 0.3) is 0 Å². The number of halogens is 1. The first-order chi connectivity index (χ1) is 18.8. The summed E-state index contributed by atoms with van der Waals surface area (Å²) in [6.07, 6.45) is 1.47. The molecule has 2 aromatic rings. The molecule has 1 N–H and O–H groups in total. The van der Waals surface area contributed by atoms with Gasteiger partial charge in [-0.25, -0.2) is 4.99 Å². The van der Waals surface area contributed by atoms with E-state index in [-0.39, 0.29) is 23.8 Å². The summed E-state index contributed by atoms with van der Waals surface area (Å²) in [5, 5.41) is 13.7. The predicted octanol–water partition coefficient (Wildman–Crippen LogP) is 5.38. The zero-order valence-corrected chi connectivity index (χ0v) is 23.5. The number of carbonyl (C=O) groups is 2. The molecule has 2 aromatic carbocycles. The molecule has 0 aromatic heterocycles. The molecule has 11 heteroatoms. The Morgan fingerprint density at radius 1 is 1.15 bits per heavy atom. The molecule has 0 aliphatic carbocycles. The molecule has 1 aliphatic heterocycles. The van der Waals surface area contributed by atoms with Crippen LogP contribution in [0.25, 0.3) is 0 Å². The highest BCUT2D eigenvalue weighted by Crippen LogP contribution is 2.45. The van der Waals surface area contributed by atoms with Crippen LogP contribution in [0.3, 0.4) is 0 Å². The van der Waals surface area contributed by atoms with Crippen molar-refractivity contribution in [3.63, 3.8) is 0 Å². The van der Waals surface area contributed by atoms with Crippen LogP contribution in [-0.2, 0) is 14.3 Å². The van der Waals surface area contributed by atoms with Crippen molar-refractivity contribution >= 4 is 46.6 Å². The Balaban J connectivity index is 1.94. The molecule has 2 atom stereocenters. The Morgan fingerprint density at radius 3 is 2.49 bits per heavy atom. The minimum absolute atomic E-state index is 0.0214. The molecule has 0 saturated carbocycles. The van der Waals surface area contributed by atoms with Crippen molar-refractivity contribution in [1.29, 1.82) is 5.26 Å². The second-order valence-corrected chi connectivity index (χ2v) is 9.59. The molecule has 1 unspecified atom stereocenters. The molecule has 0 radical (unpaired) electrons. The number of nitrogens with zero attached hydrogens (tertiary/aromatic N) is 2. The van der Waals surface area contributed by atoms with E-state index in [4.69, 9.17) is 30.5 Å². The summed E-state index contributed by atoms with van der Waals surface area (Å²) in [5.74, 6) is -1.33. The van der Waals surface area contributed by atoms with Crippen molar-refractivity contribution in [2.75, 3.05) is 39.0 Å². The van der Waals surface area contributed by atoms with Gasteiger partial charge in [0.15, 0.2) is 0 Å². The third kappa shape index (κ3) is 6.74. The van der Waals surface area contributed by atoms with E-state index < -0.39 is 17.8 Å². The fraction of sp³-hybridized carbons (Fsp3) is 0.286. The van der Waals surface area contributed by atoms with Gasteiger partial charge in [-0.05, 0) is 13.0 Å². The van der Waals surface area contributed by atoms with Crippen LogP contribution in [0.2, 0.25) is 5.02 Å². The second-order valence-electron chi connectivity index (χ2n) is 8.22. The number of benzene rings is 2. The Hall–Kier alpha value is -3.94. The molecule has 1 amide bonds. The molecule has 39 heavy (non-hydrogen) atoms. The van der Waals surface area contributed by atoms with E-state index in [9.17, 15) is 14.9 Å². The van der Waals surface area contributed by atoms with Crippen LogP contribution in [0.15, 0.2) is 64.6 Å². The monoisotopic (exact) mass is 569 g/mol. The lowest BCUT2D eigenvalue weighted by Gasteiger charge is -2.31. The van der Waals surface area contributed by atoms with E-state index in [2.05, 4.69) is 23.0 Å². The smallest absolute Gasteiger partial charge is 0.315 e. The van der Waals surface area contributed by atoms with Gasteiger partial charge in [-0.3, -0.25) is 9.59 Å². The van der Waals surface area contributed by atoms with Crippen LogP contribution in [-0.4, -0.2) is 51.3 Å². The number of thioether (sulfide) groups is 1. The minimum Gasteiger partial charge on any atom is -0.496 e. The van der Waals surface area contributed by atoms with Gasteiger partial charge in [0, 0.05) is 29.3 Å². The van der Waals surface area contributed by atoms with E-state index >= 15 is 0 Å². The van der Waals surface area contributed by atoms with Gasteiger partial charge in [-0.1, -0.05) is 54.2 Å². The summed E-state index contributed by atoms with van der Waals surface area (Å²) in [6.45, 7) is 5.31. The van der Waals surface area contributed by atoms with Gasteiger partial charge in [0.1, 0.15) is 34.8 Å². The van der Waals surface area contributed by atoms with Crippen LogP contribution >= 0.6 is 23.4 Å². The topological polar surface area (TPSA) is 119 Å². The van der Waals surface area contributed by atoms with Crippen molar-refractivity contribution in [3.8, 4) is 23.3 Å². The lowest BCUT2D eigenvalue weighted by molar-refractivity contribution is -0.145. The number of hydrogen-bond donors (Lipinski definition) is 1. The molecular weight excluding hydrogens is 542 g/mol. The predicted molar refractivity (Wildman–Crippen MR) is 152 cm³/mol. The maximum atomic E-state index is 13.1. The van der Waals surface area contributed by atoms with Gasteiger partial charge in [0.2, 0.25) is 5.91 Å². The maximum Gasteiger partial charge on any atom is 0.315 e. The molecule has 9 nitrogen and oxygen atoms in total. The average molecular weight is 570 g/mol. The quantitative estimate of drug-likeness (QED) is 0.283. The Kier molecular flexibility index (Phi) is 10.4. The number of amides is 1. The molecule has 0 fully saturated rings. The highest BCUT2D eigenvalue weighted by molar-refractivity contribution is 8.03. The van der Waals surface area contributed by atoms with Gasteiger partial charge in [-0.2, -0.15) is 5.26 Å². The minimum atomic E-state index is -0.861. The number of anilines is 1. The summed E-state index contributed by atoms with van der Waals surface area (Å²) in [4.78, 5) is 30.6. The highest BCUT2D eigenvalue weighted by atomic mass is 35.5. The average Bonchev–Trinajstić information content (AvgIpc) is 2.94. The number of nitriles is 1. The van der Waals surface area contributed by atoms with Gasteiger partial charge in [-0.15, -0.1) is 0 Å². The molecule has 204 valence electrons. The standard InChI is InChI=1S/C28H28ClN3O6S/c1-6-11-38-28(34)25-16(2)31-27(18(14-30)26(25)17-9-7-8-10-21(17)35-3)39-15-24(33)32-20-13-22(36-4)19(29)12-23(20)37-5/h6-10,12-13,25-26H,1,11,15H2,2-5H3,(H,32,33)/t25?,26-/m0/s1. The molecule has 1 heterocycles. The molecule has 3 rings (SSSR count). The first-order valence-electron chi connectivity index (χ1n) is 11.7. The molecule has 0 saturated heterocycles. The Bertz CT molecular complexity index is 1370. The van der Waals surface area contributed by atoms with E-state index in [0.717, 1.165) is 11.8 Å². The van der Waals surface area contributed by atoms with Crippen LogP contribution in [0.1, 0.15) is 18.4 Å². The highest BCUT2D eigenvalue weighted by Gasteiger charge is 2.41. The van der Waals surface area contributed by atoms with E-state index in [1.165, 1.54) is 33.5 Å². The fourth-order valence-corrected chi connectivity index (χ4v) is 5.24. The van der Waals surface area contributed by atoms with Crippen molar-refractivity contribution in [2.24, 2.45) is 10.9 Å². The number of nitrogens with one attached hydrogen (secondary N) is 1. The third-order valence-electron chi connectivity index (χ3n) is 5.88. The number of methoxy groups -OCH3 is 3. The largest absolute Gasteiger partial charge is 0.496 e. The van der Waals surface area contributed by atoms with Crippen molar-refractivity contribution in [1.82, 2.24) is 0 Å². The summed E-state index contributed by atoms with van der Waals surface area (Å²) in [7, 11) is 4.44. The van der Waals surface area contributed by atoms with Crippen molar-refractivity contribution in [3.05, 3.63) is 70.2 Å². The lowest BCUT2D eigenvalue weighted by atomic mass is 9.77. The van der Waals surface area contributed by atoms with E-state index in [1.807, 2.05) is 0 Å². The zero-order valence-electron chi connectivity index (χ0n) is 21.9. The van der Waals surface area contributed by atoms with Crippen LogP contribution < -0.4 is 19.5 Å². The number of ether oxygens (including phenoxy) is 4. The number of aliphatic imine (C=N–C) groups is 1. The summed E-state index contributed by atoms with van der Waals surface area (Å²) in [5.41, 5.74) is 1.69. The Morgan fingerprint density at radius 2 is 1.85 bits per heavy atom.